The summed E-state index contributed by atoms with van der Waals surface area (Å²) in [7, 11) is 0. The summed E-state index contributed by atoms with van der Waals surface area (Å²) in [6, 6.07) is 81.3. The molecule has 0 aliphatic rings. The molecule has 10 aromatic carbocycles. The highest BCUT2D eigenvalue weighted by Crippen LogP contribution is 2.41. The standard InChI is InChI=1S/C54H37N/c1-3-14-39(15-4-1)49-35-30-42(36-54(49)51-25-13-18-40-16-7-9-21-47(40)51)38-26-31-45(32-27-38)55(44-19-5-2-6-20-44)46-33-28-41(29-34-46)53-37-43-17-8-10-22-48(43)50-23-11-12-24-52(50)53/h1-37H. The molecule has 0 spiro atoms. The van der Waals surface area contributed by atoms with E-state index in [-0.39, 0.29) is 0 Å². The first-order chi connectivity index (χ1) is 27.3. The van der Waals surface area contributed by atoms with Crippen LogP contribution < -0.4 is 4.90 Å². The van der Waals surface area contributed by atoms with Gasteiger partial charge in [0.15, 0.2) is 0 Å². The van der Waals surface area contributed by atoms with Crippen LogP contribution in [0.3, 0.4) is 0 Å². The number of rotatable bonds is 7. The van der Waals surface area contributed by atoms with Crippen molar-refractivity contribution in [3.05, 3.63) is 224 Å². The lowest BCUT2D eigenvalue weighted by molar-refractivity contribution is 1.28. The van der Waals surface area contributed by atoms with Gasteiger partial charge in [0.1, 0.15) is 0 Å². The zero-order valence-corrected chi connectivity index (χ0v) is 30.3. The molecule has 10 aromatic rings. The Morgan fingerprint density at radius 2 is 0.727 bits per heavy atom. The molecule has 0 heterocycles. The van der Waals surface area contributed by atoms with E-state index in [9.17, 15) is 0 Å². The van der Waals surface area contributed by atoms with Crippen LogP contribution >= 0.6 is 0 Å². The summed E-state index contributed by atoms with van der Waals surface area (Å²) in [4.78, 5) is 2.34. The van der Waals surface area contributed by atoms with Gasteiger partial charge in [-0.25, -0.2) is 0 Å². The lowest BCUT2D eigenvalue weighted by Crippen LogP contribution is -2.09. The quantitative estimate of drug-likeness (QED) is 0.150. The summed E-state index contributed by atoms with van der Waals surface area (Å²) >= 11 is 0. The second kappa shape index (κ2) is 14.0. The van der Waals surface area contributed by atoms with Gasteiger partial charge in [0, 0.05) is 17.1 Å². The minimum absolute atomic E-state index is 1.11. The van der Waals surface area contributed by atoms with E-state index in [2.05, 4.69) is 229 Å². The van der Waals surface area contributed by atoms with Gasteiger partial charge in [-0.15, -0.1) is 0 Å². The molecular formula is C54H37N. The minimum atomic E-state index is 1.11. The molecule has 55 heavy (non-hydrogen) atoms. The van der Waals surface area contributed by atoms with Crippen molar-refractivity contribution in [2.24, 2.45) is 0 Å². The highest BCUT2D eigenvalue weighted by Gasteiger charge is 2.16. The molecule has 10 rings (SSSR count). The van der Waals surface area contributed by atoms with Crippen molar-refractivity contribution in [1.82, 2.24) is 0 Å². The number of nitrogens with zero attached hydrogens (tertiary/aromatic N) is 1. The molecule has 0 saturated carbocycles. The van der Waals surface area contributed by atoms with Crippen molar-refractivity contribution in [3.8, 4) is 44.5 Å². The number of hydrogen-bond donors (Lipinski definition) is 0. The molecular weight excluding hydrogens is 663 g/mol. The van der Waals surface area contributed by atoms with E-state index in [0.29, 0.717) is 0 Å². The Bertz CT molecular complexity index is 2940. The van der Waals surface area contributed by atoms with Crippen LogP contribution in [0, 0.1) is 0 Å². The third-order valence-electron chi connectivity index (χ3n) is 10.9. The molecule has 258 valence electrons. The average Bonchev–Trinajstić information content (AvgIpc) is 3.27. The summed E-state index contributed by atoms with van der Waals surface area (Å²) < 4.78 is 0. The minimum Gasteiger partial charge on any atom is -0.311 e. The van der Waals surface area contributed by atoms with Gasteiger partial charge in [-0.3, -0.25) is 0 Å². The molecule has 0 aliphatic heterocycles. The third-order valence-corrected chi connectivity index (χ3v) is 10.9. The van der Waals surface area contributed by atoms with Crippen LogP contribution in [0.25, 0.3) is 76.8 Å². The van der Waals surface area contributed by atoms with E-state index in [4.69, 9.17) is 0 Å². The average molecular weight is 700 g/mol. The Morgan fingerprint density at radius 1 is 0.218 bits per heavy atom. The first-order valence-corrected chi connectivity index (χ1v) is 18.9. The zero-order chi connectivity index (χ0) is 36.6. The fourth-order valence-electron chi connectivity index (χ4n) is 8.19. The van der Waals surface area contributed by atoms with Crippen LogP contribution in [0.4, 0.5) is 17.1 Å². The fourth-order valence-corrected chi connectivity index (χ4v) is 8.19. The van der Waals surface area contributed by atoms with E-state index in [1.807, 2.05) is 0 Å². The van der Waals surface area contributed by atoms with Crippen molar-refractivity contribution in [1.29, 1.82) is 0 Å². The highest BCUT2D eigenvalue weighted by atomic mass is 15.1. The SMILES string of the molecule is c1ccc(-c2ccc(-c3ccc(N(c4ccccc4)c4ccc(-c5cc6ccccc6c6ccccc56)cc4)cc3)cc2-c2cccc3ccccc23)cc1. The Balaban J connectivity index is 1.04. The molecule has 0 atom stereocenters. The summed E-state index contributed by atoms with van der Waals surface area (Å²) in [5.41, 5.74) is 13.1. The van der Waals surface area contributed by atoms with Crippen LogP contribution in [0.5, 0.6) is 0 Å². The highest BCUT2D eigenvalue weighted by molar-refractivity contribution is 6.13. The van der Waals surface area contributed by atoms with Crippen molar-refractivity contribution < 1.29 is 0 Å². The molecule has 0 aliphatic carbocycles. The fraction of sp³-hybridized carbons (Fsp3) is 0. The van der Waals surface area contributed by atoms with E-state index >= 15 is 0 Å². The Hall–Kier alpha value is -7.22. The monoisotopic (exact) mass is 699 g/mol. The Kier molecular flexibility index (Phi) is 8.24. The van der Waals surface area contributed by atoms with Crippen LogP contribution in [0.2, 0.25) is 0 Å². The molecule has 0 unspecified atom stereocenters. The predicted molar refractivity (Wildman–Crippen MR) is 235 cm³/mol. The second-order valence-corrected chi connectivity index (χ2v) is 14.1. The summed E-state index contributed by atoms with van der Waals surface area (Å²) in [6.07, 6.45) is 0. The van der Waals surface area contributed by atoms with Crippen molar-refractivity contribution >= 4 is 49.4 Å². The summed E-state index contributed by atoms with van der Waals surface area (Å²) in [6.45, 7) is 0. The largest absolute Gasteiger partial charge is 0.311 e. The number of para-hydroxylation sites is 1. The van der Waals surface area contributed by atoms with E-state index < -0.39 is 0 Å². The predicted octanol–water partition coefficient (Wildman–Crippen LogP) is 15.3. The Morgan fingerprint density at radius 3 is 1.45 bits per heavy atom. The van der Waals surface area contributed by atoms with Gasteiger partial charge in [-0.2, -0.15) is 0 Å². The van der Waals surface area contributed by atoms with Gasteiger partial charge < -0.3 is 4.90 Å². The third kappa shape index (κ3) is 6.02. The molecule has 0 saturated heterocycles. The smallest absolute Gasteiger partial charge is 0.0462 e. The second-order valence-electron chi connectivity index (χ2n) is 14.1. The van der Waals surface area contributed by atoms with Gasteiger partial charge in [0.25, 0.3) is 0 Å². The maximum atomic E-state index is 2.36. The van der Waals surface area contributed by atoms with E-state index in [1.165, 1.54) is 76.8 Å². The number of benzene rings is 10. The molecule has 1 heteroatoms. The van der Waals surface area contributed by atoms with Gasteiger partial charge in [-0.05, 0) is 125 Å². The van der Waals surface area contributed by atoms with Gasteiger partial charge in [0.2, 0.25) is 0 Å². The van der Waals surface area contributed by atoms with E-state index in [1.54, 1.807) is 0 Å². The zero-order valence-electron chi connectivity index (χ0n) is 30.3. The maximum absolute atomic E-state index is 2.36. The lowest BCUT2D eigenvalue weighted by Gasteiger charge is -2.26. The van der Waals surface area contributed by atoms with Crippen LogP contribution in [-0.2, 0) is 0 Å². The van der Waals surface area contributed by atoms with Crippen LogP contribution in [0.15, 0.2) is 224 Å². The number of anilines is 3. The first kappa shape index (κ1) is 32.4. The topological polar surface area (TPSA) is 3.24 Å². The molecule has 0 amide bonds. The summed E-state index contributed by atoms with van der Waals surface area (Å²) in [5, 5.41) is 7.59. The van der Waals surface area contributed by atoms with E-state index in [0.717, 1.165) is 17.1 Å². The Labute approximate surface area is 322 Å². The van der Waals surface area contributed by atoms with Gasteiger partial charge in [-0.1, -0.05) is 176 Å². The van der Waals surface area contributed by atoms with Crippen molar-refractivity contribution in [2.75, 3.05) is 4.90 Å². The number of fused-ring (bicyclic) bond motifs is 4. The maximum Gasteiger partial charge on any atom is 0.0462 e. The van der Waals surface area contributed by atoms with Gasteiger partial charge in [0.05, 0.1) is 0 Å². The number of hydrogen-bond acceptors (Lipinski definition) is 1. The molecule has 0 bridgehead atoms. The lowest BCUT2D eigenvalue weighted by atomic mass is 9.89. The van der Waals surface area contributed by atoms with Crippen LogP contribution in [-0.4, -0.2) is 0 Å². The van der Waals surface area contributed by atoms with Crippen molar-refractivity contribution in [2.45, 2.75) is 0 Å². The van der Waals surface area contributed by atoms with Crippen molar-refractivity contribution in [3.63, 3.8) is 0 Å². The molecule has 0 aromatic heterocycles. The normalized spacial score (nSPS) is 11.3. The first-order valence-electron chi connectivity index (χ1n) is 18.9. The van der Waals surface area contributed by atoms with Gasteiger partial charge >= 0.3 is 0 Å². The van der Waals surface area contributed by atoms with Crippen LogP contribution in [0.1, 0.15) is 0 Å². The molecule has 0 radical (unpaired) electrons. The molecule has 0 fully saturated rings. The molecule has 1 nitrogen and oxygen atoms in total. The summed E-state index contributed by atoms with van der Waals surface area (Å²) in [5.74, 6) is 0. The molecule has 0 N–H and O–H groups in total.